The van der Waals surface area contributed by atoms with Crippen LogP contribution >= 0.6 is 27.3 Å². The molecule has 0 saturated carbocycles. The van der Waals surface area contributed by atoms with E-state index >= 15 is 0 Å². The molecule has 21 heavy (non-hydrogen) atoms. The van der Waals surface area contributed by atoms with Gasteiger partial charge in [-0.1, -0.05) is 25.1 Å². The third kappa shape index (κ3) is 3.75. The Bertz CT molecular complexity index is 611. The lowest BCUT2D eigenvalue weighted by molar-refractivity contribution is 0.134. The lowest BCUT2D eigenvalue weighted by atomic mass is 9.98. The summed E-state index contributed by atoms with van der Waals surface area (Å²) in [5.74, 6) is 0. The number of hydrogen-bond acceptors (Lipinski definition) is 3. The number of hydrogen-bond donors (Lipinski definition) is 1. The van der Waals surface area contributed by atoms with E-state index in [1.807, 2.05) is 11.3 Å². The number of halogens is 1. The van der Waals surface area contributed by atoms with Crippen LogP contribution in [-0.2, 0) is 24.4 Å². The van der Waals surface area contributed by atoms with Crippen LogP contribution in [-0.4, -0.2) is 6.54 Å². The van der Waals surface area contributed by atoms with Gasteiger partial charge in [0.2, 0.25) is 0 Å². The summed E-state index contributed by atoms with van der Waals surface area (Å²) in [6.07, 6.45) is 2.19. The molecule has 0 radical (unpaired) electrons. The molecule has 1 unspecified atom stereocenters. The first-order valence-electron chi connectivity index (χ1n) is 7.43. The Morgan fingerprint density at radius 2 is 2.10 bits per heavy atom. The first-order valence-corrected chi connectivity index (χ1v) is 9.04. The molecule has 0 amide bonds. The molecule has 2 nitrogen and oxygen atoms in total. The summed E-state index contributed by atoms with van der Waals surface area (Å²) < 4.78 is 6.73. The first kappa shape index (κ1) is 15.2. The van der Waals surface area contributed by atoms with Gasteiger partial charge in [-0.3, -0.25) is 0 Å². The van der Waals surface area contributed by atoms with Crippen molar-refractivity contribution in [2.24, 2.45) is 0 Å². The summed E-state index contributed by atoms with van der Waals surface area (Å²) >= 11 is 5.37. The van der Waals surface area contributed by atoms with Crippen molar-refractivity contribution in [3.05, 3.63) is 55.7 Å². The minimum absolute atomic E-state index is 0.376. The summed E-state index contributed by atoms with van der Waals surface area (Å²) in [6.45, 7) is 4.78. The van der Waals surface area contributed by atoms with E-state index in [0.717, 1.165) is 32.6 Å². The van der Waals surface area contributed by atoms with E-state index in [1.165, 1.54) is 25.4 Å². The summed E-state index contributed by atoms with van der Waals surface area (Å²) in [7, 11) is 0. The third-order valence-corrected chi connectivity index (χ3v) is 5.47. The molecule has 0 fully saturated rings. The quantitative estimate of drug-likeness (QED) is 0.791. The van der Waals surface area contributed by atoms with Crippen molar-refractivity contribution in [3.63, 3.8) is 0 Å². The van der Waals surface area contributed by atoms with Crippen LogP contribution in [0.1, 0.15) is 41.0 Å². The molecule has 1 aromatic carbocycles. The Labute approximate surface area is 138 Å². The fraction of sp³-hybridized carbons (Fsp3) is 0.412. The number of nitrogens with one attached hydrogen (secondary N) is 1. The van der Waals surface area contributed by atoms with Crippen molar-refractivity contribution in [3.8, 4) is 0 Å². The smallest absolute Gasteiger partial charge is 0.0725 e. The van der Waals surface area contributed by atoms with Crippen LogP contribution in [0, 0.1) is 0 Å². The van der Waals surface area contributed by atoms with E-state index in [2.05, 4.69) is 58.5 Å². The van der Waals surface area contributed by atoms with Gasteiger partial charge in [-0.05, 0) is 57.7 Å². The van der Waals surface area contributed by atoms with Crippen molar-refractivity contribution in [1.29, 1.82) is 0 Å². The molecule has 4 heteroatoms. The lowest BCUT2D eigenvalue weighted by Gasteiger charge is -2.19. The van der Waals surface area contributed by atoms with Crippen molar-refractivity contribution in [1.82, 2.24) is 5.32 Å². The van der Waals surface area contributed by atoms with E-state index in [0.29, 0.717) is 6.04 Å². The molecular weight excluding hydrogens is 346 g/mol. The zero-order chi connectivity index (χ0) is 14.7. The molecule has 1 aromatic heterocycles. The monoisotopic (exact) mass is 365 g/mol. The molecule has 2 aromatic rings. The van der Waals surface area contributed by atoms with Gasteiger partial charge in [0.25, 0.3) is 0 Å². The SMILES string of the molecule is CCCNC(Cc1ccc(Br)s1)c1ccc2c(c1)COC2. The zero-order valence-electron chi connectivity index (χ0n) is 12.2. The summed E-state index contributed by atoms with van der Waals surface area (Å²) in [5, 5.41) is 3.69. The molecule has 1 N–H and O–H groups in total. The third-order valence-electron chi connectivity index (χ3n) is 3.82. The topological polar surface area (TPSA) is 21.3 Å². The molecule has 0 aliphatic carbocycles. The molecule has 1 aliphatic rings. The Kier molecular flexibility index (Phi) is 5.11. The largest absolute Gasteiger partial charge is 0.372 e. The predicted molar refractivity (Wildman–Crippen MR) is 91.7 cm³/mol. The predicted octanol–water partition coefficient (Wildman–Crippen LogP) is 4.82. The number of benzene rings is 1. The fourth-order valence-electron chi connectivity index (χ4n) is 2.70. The lowest BCUT2D eigenvalue weighted by Crippen LogP contribution is -2.24. The van der Waals surface area contributed by atoms with Crippen LogP contribution in [0.3, 0.4) is 0 Å². The first-order chi connectivity index (χ1) is 10.3. The van der Waals surface area contributed by atoms with Gasteiger partial charge in [0.1, 0.15) is 0 Å². The van der Waals surface area contributed by atoms with Gasteiger partial charge < -0.3 is 10.1 Å². The highest BCUT2D eigenvalue weighted by Gasteiger charge is 2.17. The standard InChI is InChI=1S/C17H20BrNOS/c1-2-7-19-16(9-15-5-6-17(18)21-15)12-3-4-13-10-20-11-14(13)8-12/h3-6,8,16,19H,2,7,9-11H2,1H3. The van der Waals surface area contributed by atoms with Crippen LogP contribution in [0.2, 0.25) is 0 Å². The minimum Gasteiger partial charge on any atom is -0.372 e. The van der Waals surface area contributed by atoms with E-state index in [4.69, 9.17) is 4.74 Å². The second kappa shape index (κ2) is 7.05. The Morgan fingerprint density at radius 1 is 1.24 bits per heavy atom. The maximum absolute atomic E-state index is 5.53. The maximum Gasteiger partial charge on any atom is 0.0725 e. The molecule has 0 bridgehead atoms. The van der Waals surface area contributed by atoms with Gasteiger partial charge >= 0.3 is 0 Å². The molecule has 1 atom stereocenters. The maximum atomic E-state index is 5.53. The van der Waals surface area contributed by atoms with Gasteiger partial charge in [-0.25, -0.2) is 0 Å². The normalized spacial score (nSPS) is 15.1. The number of rotatable bonds is 6. The van der Waals surface area contributed by atoms with Gasteiger partial charge in [0.15, 0.2) is 0 Å². The minimum atomic E-state index is 0.376. The van der Waals surface area contributed by atoms with E-state index < -0.39 is 0 Å². The van der Waals surface area contributed by atoms with Crippen LogP contribution in [0.5, 0.6) is 0 Å². The van der Waals surface area contributed by atoms with Crippen molar-refractivity contribution in [2.75, 3.05) is 6.54 Å². The van der Waals surface area contributed by atoms with Gasteiger partial charge in [-0.2, -0.15) is 0 Å². The second-order valence-corrected chi connectivity index (χ2v) is 7.99. The average molecular weight is 366 g/mol. The Morgan fingerprint density at radius 3 is 2.86 bits per heavy atom. The van der Waals surface area contributed by atoms with Gasteiger partial charge in [0.05, 0.1) is 17.0 Å². The van der Waals surface area contributed by atoms with E-state index in [9.17, 15) is 0 Å². The Hall–Kier alpha value is -0.680. The summed E-state index contributed by atoms with van der Waals surface area (Å²) in [4.78, 5) is 1.41. The molecule has 0 spiro atoms. The van der Waals surface area contributed by atoms with E-state index in [-0.39, 0.29) is 0 Å². The average Bonchev–Trinajstić information content (AvgIpc) is 3.11. The highest BCUT2D eigenvalue weighted by molar-refractivity contribution is 9.11. The molecule has 0 saturated heterocycles. The van der Waals surface area contributed by atoms with Crippen LogP contribution in [0.4, 0.5) is 0 Å². The Balaban J connectivity index is 1.80. The van der Waals surface area contributed by atoms with Crippen molar-refractivity contribution < 1.29 is 4.74 Å². The van der Waals surface area contributed by atoms with Crippen LogP contribution < -0.4 is 5.32 Å². The molecule has 112 valence electrons. The second-order valence-electron chi connectivity index (χ2n) is 5.44. The van der Waals surface area contributed by atoms with Gasteiger partial charge in [0, 0.05) is 17.3 Å². The molecule has 2 heterocycles. The number of ether oxygens (including phenoxy) is 1. The van der Waals surface area contributed by atoms with Crippen LogP contribution in [0.25, 0.3) is 0 Å². The van der Waals surface area contributed by atoms with Crippen molar-refractivity contribution >= 4 is 27.3 Å². The highest BCUT2D eigenvalue weighted by atomic mass is 79.9. The number of fused-ring (bicyclic) bond motifs is 1. The van der Waals surface area contributed by atoms with Gasteiger partial charge in [-0.15, -0.1) is 11.3 Å². The molecule has 3 rings (SSSR count). The summed E-state index contributed by atoms with van der Waals surface area (Å²) in [6, 6.07) is 11.5. The number of thiophene rings is 1. The van der Waals surface area contributed by atoms with Crippen molar-refractivity contribution in [2.45, 2.75) is 39.0 Å². The van der Waals surface area contributed by atoms with E-state index in [1.54, 1.807) is 0 Å². The van der Waals surface area contributed by atoms with Crippen LogP contribution in [0.15, 0.2) is 34.1 Å². The zero-order valence-corrected chi connectivity index (χ0v) is 14.6. The highest BCUT2D eigenvalue weighted by Crippen LogP contribution is 2.29. The fourth-order valence-corrected chi connectivity index (χ4v) is 4.23. The molecular formula is C17H20BrNOS. The molecule has 1 aliphatic heterocycles. The summed E-state index contributed by atoms with van der Waals surface area (Å²) in [5.41, 5.74) is 4.06.